The molecule has 33 heavy (non-hydrogen) atoms. The summed E-state index contributed by atoms with van der Waals surface area (Å²) in [5.41, 5.74) is 2.78. The molecule has 0 bridgehead atoms. The van der Waals surface area contributed by atoms with Crippen molar-refractivity contribution >= 4 is 34.8 Å². The third-order valence-electron chi connectivity index (χ3n) is 4.95. The summed E-state index contributed by atoms with van der Waals surface area (Å²) in [5, 5.41) is 8.05. The average molecular weight is 484 g/mol. The zero-order valence-electron chi connectivity index (χ0n) is 18.1. The summed E-state index contributed by atoms with van der Waals surface area (Å²) in [4.78, 5) is 12.5. The molecule has 8 heteroatoms. The molecule has 0 saturated carbocycles. The van der Waals surface area contributed by atoms with Crippen LogP contribution in [-0.4, -0.2) is 15.7 Å². The quantitative estimate of drug-likeness (QED) is 0.290. The molecular weight excluding hydrogens is 461 g/mol. The van der Waals surface area contributed by atoms with Gasteiger partial charge in [0.1, 0.15) is 18.1 Å². The van der Waals surface area contributed by atoms with Gasteiger partial charge in [0.05, 0.1) is 28.5 Å². The van der Waals surface area contributed by atoms with Crippen molar-refractivity contribution in [2.45, 2.75) is 32.9 Å². The minimum Gasteiger partial charge on any atom is -0.486 e. The molecular formula is C25H23Cl2N3O3. The fourth-order valence-corrected chi connectivity index (χ4v) is 3.63. The van der Waals surface area contributed by atoms with Crippen LogP contribution in [0.25, 0.3) is 0 Å². The van der Waals surface area contributed by atoms with Gasteiger partial charge in [-0.1, -0.05) is 54.7 Å². The van der Waals surface area contributed by atoms with Crippen molar-refractivity contribution in [3.05, 3.63) is 99.7 Å². The Balaban J connectivity index is 1.30. The van der Waals surface area contributed by atoms with E-state index in [0.717, 1.165) is 24.2 Å². The number of carbonyl (C=O) groups is 1. The highest BCUT2D eigenvalue weighted by Gasteiger charge is 2.13. The van der Waals surface area contributed by atoms with E-state index in [0.29, 0.717) is 28.0 Å². The summed E-state index contributed by atoms with van der Waals surface area (Å²) in [6.45, 7) is 2.88. The SMILES string of the molecule is CCCc1ccc(OCc2ccc(C(=O)Nc3cnn(Cc4ccc(Cl)c(Cl)c4)c3)o2)cc1. The molecule has 4 aromatic rings. The molecule has 2 aromatic carbocycles. The normalized spacial score (nSPS) is 10.9. The standard InChI is InChI=1S/C25H23Cl2N3O3/c1-2-3-17-4-7-20(8-5-17)32-16-21-9-11-24(33-21)25(31)29-19-13-28-30(15-19)14-18-6-10-22(26)23(27)12-18/h4-13,15H,2-3,14,16H2,1H3,(H,29,31). The fraction of sp³-hybridized carbons (Fsp3) is 0.200. The maximum atomic E-state index is 12.5. The fourth-order valence-electron chi connectivity index (χ4n) is 3.31. The first-order valence-corrected chi connectivity index (χ1v) is 11.3. The molecule has 2 aromatic heterocycles. The molecule has 0 aliphatic heterocycles. The lowest BCUT2D eigenvalue weighted by Gasteiger charge is -2.05. The molecule has 0 aliphatic carbocycles. The van der Waals surface area contributed by atoms with Crippen LogP contribution in [0.2, 0.25) is 10.0 Å². The highest BCUT2D eigenvalue weighted by molar-refractivity contribution is 6.42. The van der Waals surface area contributed by atoms with Crippen LogP contribution in [0.1, 0.15) is 40.8 Å². The third kappa shape index (κ3) is 6.18. The molecule has 2 heterocycles. The van der Waals surface area contributed by atoms with E-state index >= 15 is 0 Å². The Labute approximate surface area is 202 Å². The van der Waals surface area contributed by atoms with Gasteiger partial charge in [0.2, 0.25) is 0 Å². The summed E-state index contributed by atoms with van der Waals surface area (Å²) < 4.78 is 13.1. The van der Waals surface area contributed by atoms with Gasteiger partial charge in [0.25, 0.3) is 5.91 Å². The number of aryl methyl sites for hydroxylation is 1. The van der Waals surface area contributed by atoms with Crippen molar-refractivity contribution in [3.63, 3.8) is 0 Å². The van der Waals surface area contributed by atoms with Crippen molar-refractivity contribution in [1.29, 1.82) is 0 Å². The summed E-state index contributed by atoms with van der Waals surface area (Å²) in [7, 11) is 0. The predicted octanol–water partition coefficient (Wildman–Crippen LogP) is 6.62. The van der Waals surface area contributed by atoms with Gasteiger partial charge in [0, 0.05) is 6.20 Å². The Kier molecular flexibility index (Phi) is 7.37. The summed E-state index contributed by atoms with van der Waals surface area (Å²) >= 11 is 12.0. The number of hydrogen-bond acceptors (Lipinski definition) is 4. The van der Waals surface area contributed by atoms with Gasteiger partial charge in [-0.3, -0.25) is 9.48 Å². The summed E-state index contributed by atoms with van der Waals surface area (Å²) in [6, 6.07) is 16.8. The zero-order chi connectivity index (χ0) is 23.2. The van der Waals surface area contributed by atoms with E-state index in [4.69, 9.17) is 32.4 Å². The molecule has 0 radical (unpaired) electrons. The highest BCUT2D eigenvalue weighted by Crippen LogP contribution is 2.23. The summed E-state index contributed by atoms with van der Waals surface area (Å²) in [6.07, 6.45) is 5.46. The Bertz CT molecular complexity index is 1230. The number of hydrogen-bond donors (Lipinski definition) is 1. The number of aromatic nitrogens is 2. The monoisotopic (exact) mass is 483 g/mol. The van der Waals surface area contributed by atoms with Crippen LogP contribution in [0.5, 0.6) is 5.75 Å². The van der Waals surface area contributed by atoms with Gasteiger partial charge in [0.15, 0.2) is 5.76 Å². The molecule has 0 fully saturated rings. The van der Waals surface area contributed by atoms with E-state index in [9.17, 15) is 4.79 Å². The molecule has 6 nitrogen and oxygen atoms in total. The largest absolute Gasteiger partial charge is 0.486 e. The Morgan fingerprint density at radius 3 is 2.61 bits per heavy atom. The highest BCUT2D eigenvalue weighted by atomic mass is 35.5. The maximum absolute atomic E-state index is 12.5. The molecule has 1 amide bonds. The first-order valence-electron chi connectivity index (χ1n) is 10.6. The van der Waals surface area contributed by atoms with Gasteiger partial charge < -0.3 is 14.5 Å². The number of anilines is 1. The topological polar surface area (TPSA) is 69.3 Å². The third-order valence-corrected chi connectivity index (χ3v) is 5.69. The van der Waals surface area contributed by atoms with Crippen molar-refractivity contribution in [1.82, 2.24) is 9.78 Å². The van der Waals surface area contributed by atoms with Crippen LogP contribution in [0.3, 0.4) is 0 Å². The Morgan fingerprint density at radius 2 is 1.85 bits per heavy atom. The van der Waals surface area contributed by atoms with Crippen LogP contribution in [0, 0.1) is 0 Å². The second kappa shape index (κ2) is 10.6. The van der Waals surface area contributed by atoms with Crippen LogP contribution in [-0.2, 0) is 19.6 Å². The number of rotatable bonds is 9. The number of carbonyl (C=O) groups excluding carboxylic acids is 1. The smallest absolute Gasteiger partial charge is 0.291 e. The number of halogens is 2. The first-order chi connectivity index (χ1) is 16.0. The van der Waals surface area contributed by atoms with Gasteiger partial charge in [-0.05, 0) is 53.9 Å². The van der Waals surface area contributed by atoms with Gasteiger partial charge in [-0.25, -0.2) is 0 Å². The number of nitrogens with zero attached hydrogens (tertiary/aromatic N) is 2. The van der Waals surface area contributed by atoms with E-state index in [1.54, 1.807) is 41.3 Å². The van der Waals surface area contributed by atoms with Crippen LogP contribution >= 0.6 is 23.2 Å². The minimum atomic E-state index is -0.362. The maximum Gasteiger partial charge on any atom is 0.291 e. The first kappa shape index (κ1) is 23.0. The lowest BCUT2D eigenvalue weighted by Crippen LogP contribution is -2.10. The summed E-state index contributed by atoms with van der Waals surface area (Å²) in [5.74, 6) is 1.16. The van der Waals surface area contributed by atoms with E-state index in [-0.39, 0.29) is 18.3 Å². The molecule has 1 N–H and O–H groups in total. The van der Waals surface area contributed by atoms with Crippen molar-refractivity contribution in [2.75, 3.05) is 5.32 Å². The van der Waals surface area contributed by atoms with Gasteiger partial charge in [-0.2, -0.15) is 5.10 Å². The van der Waals surface area contributed by atoms with E-state index in [2.05, 4.69) is 29.5 Å². The van der Waals surface area contributed by atoms with Gasteiger partial charge in [-0.15, -0.1) is 0 Å². The van der Waals surface area contributed by atoms with E-state index in [1.165, 1.54) is 5.56 Å². The van der Waals surface area contributed by atoms with E-state index in [1.807, 2.05) is 18.2 Å². The molecule has 0 spiro atoms. The number of benzene rings is 2. The Hall–Kier alpha value is -3.22. The number of furan rings is 1. The molecule has 0 saturated heterocycles. The van der Waals surface area contributed by atoms with Crippen LogP contribution < -0.4 is 10.1 Å². The van der Waals surface area contributed by atoms with E-state index < -0.39 is 0 Å². The number of ether oxygens (including phenoxy) is 1. The molecule has 0 unspecified atom stereocenters. The number of nitrogens with one attached hydrogen (secondary N) is 1. The number of amides is 1. The van der Waals surface area contributed by atoms with Crippen LogP contribution in [0.15, 0.2) is 71.4 Å². The van der Waals surface area contributed by atoms with Gasteiger partial charge >= 0.3 is 0 Å². The molecule has 4 rings (SSSR count). The molecule has 170 valence electrons. The zero-order valence-corrected chi connectivity index (χ0v) is 19.6. The lowest BCUT2D eigenvalue weighted by molar-refractivity contribution is 0.0992. The van der Waals surface area contributed by atoms with Crippen molar-refractivity contribution < 1.29 is 13.9 Å². The minimum absolute atomic E-state index is 0.198. The van der Waals surface area contributed by atoms with Crippen molar-refractivity contribution in [2.24, 2.45) is 0 Å². The van der Waals surface area contributed by atoms with Crippen molar-refractivity contribution in [3.8, 4) is 5.75 Å². The second-order valence-corrected chi connectivity index (χ2v) is 8.39. The Morgan fingerprint density at radius 1 is 1.06 bits per heavy atom. The second-order valence-electron chi connectivity index (χ2n) is 7.58. The molecule has 0 aliphatic rings. The molecule has 0 atom stereocenters. The predicted molar refractivity (Wildman–Crippen MR) is 129 cm³/mol. The van der Waals surface area contributed by atoms with Crippen LogP contribution in [0.4, 0.5) is 5.69 Å². The lowest BCUT2D eigenvalue weighted by atomic mass is 10.1. The average Bonchev–Trinajstić information content (AvgIpc) is 3.46.